The van der Waals surface area contributed by atoms with Gasteiger partial charge in [0.2, 0.25) is 0 Å². The summed E-state index contributed by atoms with van der Waals surface area (Å²) >= 11 is 6.19. The van der Waals surface area contributed by atoms with Crippen LogP contribution in [0.3, 0.4) is 0 Å². The Labute approximate surface area is 62.1 Å². The van der Waals surface area contributed by atoms with Gasteiger partial charge in [-0.3, -0.25) is 0 Å². The Hall–Kier alpha value is 0.680. The van der Waals surface area contributed by atoms with E-state index in [1.165, 1.54) is 0 Å². The topological polar surface area (TPSA) is 20.2 Å². The molecule has 0 amide bonds. The predicted octanol–water partition coefficient (Wildman–Crippen LogP) is 1.97. The van der Waals surface area contributed by atoms with Crippen molar-refractivity contribution in [3.05, 3.63) is 0 Å². The van der Waals surface area contributed by atoms with Crippen molar-refractivity contribution in [2.75, 3.05) is 32.8 Å². The molecule has 0 aromatic rings. The fraction of sp³-hybridized carbons (Fsp3) is 1.00. The van der Waals surface area contributed by atoms with Gasteiger partial charge >= 0.3 is 61.5 Å². The molecule has 0 spiro atoms. The van der Waals surface area contributed by atoms with Crippen molar-refractivity contribution < 1.29 is 5.11 Å². The van der Waals surface area contributed by atoms with Crippen molar-refractivity contribution in [2.45, 2.75) is 6.42 Å². The minimum atomic E-state index is -1.82. The minimum absolute atomic E-state index is 0.264. The van der Waals surface area contributed by atoms with Gasteiger partial charge in [-0.05, 0) is 0 Å². The zero-order valence-electron chi connectivity index (χ0n) is 6.39. The van der Waals surface area contributed by atoms with Crippen molar-refractivity contribution in [1.29, 1.82) is 0 Å². The van der Waals surface area contributed by atoms with Gasteiger partial charge in [-0.2, -0.15) is 0 Å². The zero-order chi connectivity index (χ0) is 7.57. The maximum atomic E-state index is 8.51. The van der Waals surface area contributed by atoms with E-state index in [4.69, 9.17) is 16.3 Å². The summed E-state index contributed by atoms with van der Waals surface area (Å²) in [6, 6.07) is 0. The molecule has 1 nitrogen and oxygen atoms in total. The monoisotopic (exact) mass is 170 g/mol. The van der Waals surface area contributed by atoms with Crippen LogP contribution >= 0.6 is 17.2 Å². The number of rotatable bonds is 3. The van der Waals surface area contributed by atoms with Crippen LogP contribution in [0.1, 0.15) is 6.42 Å². The zero-order valence-corrected chi connectivity index (χ0v) is 8.04. The second-order valence-corrected chi connectivity index (χ2v) is 13.8. The van der Waals surface area contributed by atoms with Crippen LogP contribution in [0.25, 0.3) is 0 Å². The Kier molecular flexibility index (Phi) is 2.94. The molecule has 9 heavy (non-hydrogen) atoms. The SMILES string of the molecule is CP(C)(C)(Cl)CCCO. The standard InChI is InChI=1S/C6H16ClOP/c1-9(2,3,7)6-4-5-8/h8H,4-6H2,1-3H3. The van der Waals surface area contributed by atoms with Crippen LogP contribution in [-0.2, 0) is 0 Å². The van der Waals surface area contributed by atoms with Crippen LogP contribution in [0.15, 0.2) is 0 Å². The van der Waals surface area contributed by atoms with Crippen LogP contribution in [0.2, 0.25) is 0 Å². The molecule has 0 bridgehead atoms. The third kappa shape index (κ3) is 8.68. The van der Waals surface area contributed by atoms with Crippen molar-refractivity contribution in [1.82, 2.24) is 0 Å². The molecule has 0 unspecified atom stereocenters. The normalized spacial score (nSPS) is 16.8. The second kappa shape index (κ2) is 2.74. The summed E-state index contributed by atoms with van der Waals surface area (Å²) < 4.78 is 0. The molecule has 0 aliphatic heterocycles. The average molecular weight is 171 g/mol. The quantitative estimate of drug-likeness (QED) is 0.643. The molecule has 0 fully saturated rings. The van der Waals surface area contributed by atoms with E-state index in [0.29, 0.717) is 0 Å². The Morgan fingerprint density at radius 2 is 1.78 bits per heavy atom. The molecule has 0 heterocycles. The van der Waals surface area contributed by atoms with Crippen LogP contribution in [0.5, 0.6) is 0 Å². The summed E-state index contributed by atoms with van der Waals surface area (Å²) in [6.07, 6.45) is 1.81. The summed E-state index contributed by atoms with van der Waals surface area (Å²) in [4.78, 5) is 0. The maximum absolute atomic E-state index is 8.51. The molecule has 0 radical (unpaired) electrons. The predicted molar refractivity (Wildman–Crippen MR) is 47.1 cm³/mol. The Morgan fingerprint density at radius 1 is 1.33 bits per heavy atom. The number of aliphatic hydroxyl groups is 1. The molecule has 0 rings (SSSR count). The van der Waals surface area contributed by atoms with Gasteiger partial charge in [0, 0.05) is 0 Å². The Bertz CT molecular complexity index is 85.7. The van der Waals surface area contributed by atoms with Gasteiger partial charge in [-0.25, -0.2) is 0 Å². The number of hydrogen-bond donors (Lipinski definition) is 1. The van der Waals surface area contributed by atoms with Crippen molar-refractivity contribution in [2.24, 2.45) is 0 Å². The van der Waals surface area contributed by atoms with Gasteiger partial charge in [0.25, 0.3) is 0 Å². The summed E-state index contributed by atoms with van der Waals surface area (Å²) in [5, 5.41) is 8.51. The van der Waals surface area contributed by atoms with E-state index in [9.17, 15) is 0 Å². The van der Waals surface area contributed by atoms with Crippen molar-refractivity contribution >= 4 is 17.2 Å². The molecule has 0 aliphatic rings. The van der Waals surface area contributed by atoms with E-state index in [2.05, 4.69) is 20.0 Å². The average Bonchev–Trinajstić information content (AvgIpc) is 1.57. The van der Waals surface area contributed by atoms with Gasteiger partial charge in [0.15, 0.2) is 0 Å². The molecule has 0 saturated carbocycles. The Balaban J connectivity index is 3.60. The van der Waals surface area contributed by atoms with E-state index in [0.717, 1.165) is 12.6 Å². The molecule has 0 aromatic carbocycles. The van der Waals surface area contributed by atoms with E-state index >= 15 is 0 Å². The first-order chi connectivity index (χ1) is 3.81. The molecular weight excluding hydrogens is 154 g/mol. The molecule has 3 heteroatoms. The molecule has 1 N–H and O–H groups in total. The Morgan fingerprint density at radius 3 is 1.89 bits per heavy atom. The summed E-state index contributed by atoms with van der Waals surface area (Å²) in [5.41, 5.74) is 0. The third-order valence-electron chi connectivity index (χ3n) is 1.07. The molecule has 0 saturated heterocycles. The van der Waals surface area contributed by atoms with Crippen LogP contribution in [0, 0.1) is 0 Å². The summed E-state index contributed by atoms with van der Waals surface area (Å²) in [5.74, 6) is -1.82. The van der Waals surface area contributed by atoms with Gasteiger partial charge < -0.3 is 0 Å². The van der Waals surface area contributed by atoms with Crippen molar-refractivity contribution in [3.8, 4) is 0 Å². The third-order valence-corrected chi connectivity index (χ3v) is 3.41. The molecule has 58 valence electrons. The van der Waals surface area contributed by atoms with Gasteiger partial charge in [-0.15, -0.1) is 0 Å². The number of hydrogen-bond acceptors (Lipinski definition) is 1. The van der Waals surface area contributed by atoms with Crippen molar-refractivity contribution in [3.63, 3.8) is 0 Å². The van der Waals surface area contributed by atoms with Gasteiger partial charge in [-0.1, -0.05) is 0 Å². The second-order valence-electron chi connectivity index (χ2n) is 3.72. The molecule has 0 aliphatic carbocycles. The van der Waals surface area contributed by atoms with E-state index < -0.39 is 5.96 Å². The van der Waals surface area contributed by atoms with E-state index in [1.54, 1.807) is 0 Å². The van der Waals surface area contributed by atoms with E-state index in [1.807, 2.05) is 0 Å². The van der Waals surface area contributed by atoms with Crippen LogP contribution < -0.4 is 0 Å². The van der Waals surface area contributed by atoms with Gasteiger partial charge in [0.05, 0.1) is 0 Å². The first kappa shape index (κ1) is 9.68. The fourth-order valence-corrected chi connectivity index (χ4v) is 2.17. The first-order valence-corrected chi connectivity index (χ1v) is 7.81. The molecule has 0 aromatic heterocycles. The van der Waals surface area contributed by atoms with E-state index in [-0.39, 0.29) is 6.61 Å². The summed E-state index contributed by atoms with van der Waals surface area (Å²) in [6.45, 7) is 6.56. The fourth-order valence-electron chi connectivity index (χ4n) is 0.605. The first-order valence-electron chi connectivity index (χ1n) is 3.14. The summed E-state index contributed by atoms with van der Waals surface area (Å²) in [7, 11) is 0. The number of aliphatic hydroxyl groups excluding tert-OH is 1. The molecular formula is C6H16ClOP. The van der Waals surface area contributed by atoms with Crippen LogP contribution in [0.4, 0.5) is 0 Å². The number of halogens is 1. The van der Waals surface area contributed by atoms with Gasteiger partial charge in [0.1, 0.15) is 0 Å². The molecule has 0 atom stereocenters. The van der Waals surface area contributed by atoms with Crippen LogP contribution in [-0.4, -0.2) is 37.9 Å².